The summed E-state index contributed by atoms with van der Waals surface area (Å²) in [6.45, 7) is 6.31. The standard InChI is InChI=1S/C19H27NO3.CH4/c1-12(2)7-14-11-20-6-5-13-8-18(22-3)19(23-4)9-15(13)16(20)10-17(14)21;/h8-9,12,14,16H,5-7,10-11H2,1-4H3;1H4/t14-,16?;/m0./s1. The van der Waals surface area contributed by atoms with Crippen LogP contribution in [0.4, 0.5) is 0 Å². The van der Waals surface area contributed by atoms with Gasteiger partial charge >= 0.3 is 0 Å². The predicted molar refractivity (Wildman–Crippen MR) is 96.9 cm³/mol. The number of fused-ring (bicyclic) bond motifs is 3. The fourth-order valence-electron chi connectivity index (χ4n) is 4.05. The number of benzene rings is 1. The summed E-state index contributed by atoms with van der Waals surface area (Å²) < 4.78 is 10.9. The molecule has 3 rings (SSSR count). The molecular weight excluding hydrogens is 302 g/mol. The van der Waals surface area contributed by atoms with Gasteiger partial charge in [-0.3, -0.25) is 9.69 Å². The minimum atomic E-state index is 0. The Balaban J connectivity index is 0.00000208. The van der Waals surface area contributed by atoms with E-state index >= 15 is 0 Å². The first-order valence-electron chi connectivity index (χ1n) is 8.55. The van der Waals surface area contributed by atoms with Gasteiger partial charge in [0.25, 0.3) is 0 Å². The average Bonchev–Trinajstić information content (AvgIpc) is 2.53. The number of piperidine rings is 1. The van der Waals surface area contributed by atoms with Crippen LogP contribution in [0.1, 0.15) is 51.3 Å². The van der Waals surface area contributed by atoms with Gasteiger partial charge in [0.2, 0.25) is 0 Å². The second-order valence-corrected chi connectivity index (χ2v) is 7.16. The Bertz CT molecular complexity index is 597. The van der Waals surface area contributed by atoms with E-state index in [1.54, 1.807) is 14.2 Å². The summed E-state index contributed by atoms with van der Waals surface area (Å²) in [4.78, 5) is 15.1. The zero-order valence-electron chi connectivity index (χ0n) is 14.6. The van der Waals surface area contributed by atoms with Crippen molar-refractivity contribution in [3.05, 3.63) is 23.3 Å². The molecule has 0 amide bonds. The van der Waals surface area contributed by atoms with Crippen LogP contribution in [0.2, 0.25) is 0 Å². The summed E-state index contributed by atoms with van der Waals surface area (Å²) in [5, 5.41) is 0. The number of hydrogen-bond donors (Lipinski definition) is 0. The van der Waals surface area contributed by atoms with E-state index in [4.69, 9.17) is 9.47 Å². The predicted octanol–water partition coefficient (Wildman–Crippen LogP) is 3.87. The van der Waals surface area contributed by atoms with Crippen LogP contribution in [-0.2, 0) is 11.2 Å². The van der Waals surface area contributed by atoms with E-state index in [9.17, 15) is 4.79 Å². The minimum absolute atomic E-state index is 0. The van der Waals surface area contributed by atoms with Crippen molar-refractivity contribution >= 4 is 5.78 Å². The van der Waals surface area contributed by atoms with Gasteiger partial charge in [-0.05, 0) is 42.0 Å². The lowest BCUT2D eigenvalue weighted by molar-refractivity contribution is -0.129. The Kier molecular flexibility index (Phi) is 5.92. The highest BCUT2D eigenvalue weighted by atomic mass is 16.5. The lowest BCUT2D eigenvalue weighted by Crippen LogP contribution is -2.46. The van der Waals surface area contributed by atoms with Crippen molar-refractivity contribution < 1.29 is 14.3 Å². The van der Waals surface area contributed by atoms with Crippen molar-refractivity contribution in [2.75, 3.05) is 27.3 Å². The van der Waals surface area contributed by atoms with E-state index in [0.29, 0.717) is 18.1 Å². The van der Waals surface area contributed by atoms with Crippen LogP contribution in [0, 0.1) is 11.8 Å². The van der Waals surface area contributed by atoms with E-state index in [1.165, 1.54) is 11.1 Å². The van der Waals surface area contributed by atoms with Crippen LogP contribution in [0.25, 0.3) is 0 Å². The third kappa shape index (κ3) is 3.44. The maximum atomic E-state index is 12.6. The highest BCUT2D eigenvalue weighted by Crippen LogP contribution is 2.42. The Morgan fingerprint density at radius 2 is 1.88 bits per heavy atom. The van der Waals surface area contributed by atoms with Crippen molar-refractivity contribution in [2.45, 2.75) is 46.6 Å². The Labute approximate surface area is 146 Å². The van der Waals surface area contributed by atoms with Crippen LogP contribution < -0.4 is 9.47 Å². The lowest BCUT2D eigenvalue weighted by Gasteiger charge is -2.43. The molecule has 134 valence electrons. The van der Waals surface area contributed by atoms with Crippen molar-refractivity contribution in [3.63, 3.8) is 0 Å². The molecule has 2 heterocycles. The molecule has 0 bridgehead atoms. The molecular formula is C20H31NO3. The molecule has 2 atom stereocenters. The molecule has 4 heteroatoms. The molecule has 0 aromatic heterocycles. The lowest BCUT2D eigenvalue weighted by atomic mass is 9.80. The van der Waals surface area contributed by atoms with Gasteiger partial charge in [0.1, 0.15) is 5.78 Å². The summed E-state index contributed by atoms with van der Waals surface area (Å²) in [7, 11) is 3.33. The summed E-state index contributed by atoms with van der Waals surface area (Å²) in [6, 6.07) is 4.35. The quantitative estimate of drug-likeness (QED) is 0.838. The number of ether oxygens (including phenoxy) is 2. The topological polar surface area (TPSA) is 38.8 Å². The van der Waals surface area contributed by atoms with E-state index in [0.717, 1.165) is 37.4 Å². The molecule has 1 saturated heterocycles. The van der Waals surface area contributed by atoms with Gasteiger partial charge < -0.3 is 9.47 Å². The first-order chi connectivity index (χ1) is 11.0. The fraction of sp³-hybridized carbons (Fsp3) is 0.650. The summed E-state index contributed by atoms with van der Waals surface area (Å²) >= 11 is 0. The third-order valence-corrected chi connectivity index (χ3v) is 5.17. The molecule has 1 aromatic carbocycles. The number of hydrogen-bond acceptors (Lipinski definition) is 4. The van der Waals surface area contributed by atoms with E-state index in [2.05, 4.69) is 30.9 Å². The molecule has 0 saturated carbocycles. The van der Waals surface area contributed by atoms with Crippen LogP contribution in [0.5, 0.6) is 11.5 Å². The number of carbonyl (C=O) groups is 1. The van der Waals surface area contributed by atoms with Gasteiger partial charge in [0.05, 0.1) is 14.2 Å². The van der Waals surface area contributed by atoms with Gasteiger partial charge in [0.15, 0.2) is 11.5 Å². The van der Waals surface area contributed by atoms with Gasteiger partial charge in [-0.15, -0.1) is 0 Å². The number of rotatable bonds is 4. The molecule has 0 N–H and O–H groups in total. The first kappa shape index (κ1) is 18.8. The molecule has 1 fully saturated rings. The van der Waals surface area contributed by atoms with Crippen molar-refractivity contribution in [1.82, 2.24) is 4.90 Å². The van der Waals surface area contributed by atoms with Crippen LogP contribution >= 0.6 is 0 Å². The van der Waals surface area contributed by atoms with Gasteiger partial charge in [-0.1, -0.05) is 21.3 Å². The molecule has 4 nitrogen and oxygen atoms in total. The smallest absolute Gasteiger partial charge is 0.161 e. The summed E-state index contributed by atoms with van der Waals surface area (Å²) in [5.74, 6) is 2.72. The van der Waals surface area contributed by atoms with Crippen LogP contribution in [0.15, 0.2) is 12.1 Å². The van der Waals surface area contributed by atoms with E-state index < -0.39 is 0 Å². The SMILES string of the molecule is C.COc1cc2c(cc1OC)C1CC(=O)[C@@H](CC(C)C)CN1CC2. The van der Waals surface area contributed by atoms with Gasteiger partial charge in [-0.25, -0.2) is 0 Å². The molecule has 2 aliphatic rings. The van der Waals surface area contributed by atoms with E-state index in [-0.39, 0.29) is 19.4 Å². The van der Waals surface area contributed by atoms with Crippen LogP contribution in [0.3, 0.4) is 0 Å². The number of carbonyl (C=O) groups excluding carboxylic acids is 1. The molecule has 24 heavy (non-hydrogen) atoms. The molecule has 2 aliphatic heterocycles. The highest BCUT2D eigenvalue weighted by Gasteiger charge is 2.38. The average molecular weight is 333 g/mol. The van der Waals surface area contributed by atoms with Gasteiger partial charge in [-0.2, -0.15) is 0 Å². The fourth-order valence-corrected chi connectivity index (χ4v) is 4.05. The highest BCUT2D eigenvalue weighted by molar-refractivity contribution is 5.83. The second-order valence-electron chi connectivity index (χ2n) is 7.16. The normalized spacial score (nSPS) is 23.3. The summed E-state index contributed by atoms with van der Waals surface area (Å²) in [6.07, 6.45) is 2.63. The third-order valence-electron chi connectivity index (χ3n) is 5.17. The number of Topliss-reactive ketones (excluding diaryl/α,β-unsaturated/α-hetero) is 1. The maximum Gasteiger partial charge on any atom is 0.161 e. The molecule has 1 aromatic rings. The van der Waals surface area contributed by atoms with Crippen LogP contribution in [-0.4, -0.2) is 38.0 Å². The monoisotopic (exact) mass is 333 g/mol. The van der Waals surface area contributed by atoms with Crippen molar-refractivity contribution in [2.24, 2.45) is 11.8 Å². The molecule has 0 spiro atoms. The Morgan fingerprint density at radius 1 is 1.21 bits per heavy atom. The largest absolute Gasteiger partial charge is 0.493 e. The number of methoxy groups -OCH3 is 2. The second kappa shape index (κ2) is 7.56. The zero-order chi connectivity index (χ0) is 16.6. The number of ketones is 1. The van der Waals surface area contributed by atoms with Crippen molar-refractivity contribution in [1.29, 1.82) is 0 Å². The Hall–Kier alpha value is -1.55. The molecule has 1 unspecified atom stereocenters. The maximum absolute atomic E-state index is 12.6. The van der Waals surface area contributed by atoms with Gasteiger partial charge in [0, 0.05) is 31.5 Å². The Morgan fingerprint density at radius 3 is 2.50 bits per heavy atom. The number of nitrogens with zero attached hydrogens (tertiary/aromatic N) is 1. The molecule has 0 radical (unpaired) electrons. The molecule has 0 aliphatic carbocycles. The van der Waals surface area contributed by atoms with Crippen molar-refractivity contribution in [3.8, 4) is 11.5 Å². The van der Waals surface area contributed by atoms with E-state index in [1.807, 2.05) is 0 Å². The zero-order valence-corrected chi connectivity index (χ0v) is 14.6. The first-order valence-corrected chi connectivity index (χ1v) is 8.55. The summed E-state index contributed by atoms with van der Waals surface area (Å²) in [5.41, 5.74) is 2.53. The minimum Gasteiger partial charge on any atom is -0.493 e.